The minimum Gasteiger partial charge on any atom is -0.493 e. The van der Waals surface area contributed by atoms with Gasteiger partial charge in [-0.3, -0.25) is 14.9 Å². The molecule has 1 aromatic heterocycles. The molecule has 1 amide bonds. The Hall–Kier alpha value is -4.14. The topological polar surface area (TPSA) is 110 Å². The van der Waals surface area contributed by atoms with E-state index in [1.165, 1.54) is 36.6 Å². The van der Waals surface area contributed by atoms with E-state index >= 15 is 0 Å². The van der Waals surface area contributed by atoms with Gasteiger partial charge in [-0.1, -0.05) is 12.1 Å². The lowest BCUT2D eigenvalue weighted by molar-refractivity contribution is -0.384. The fourth-order valence-corrected chi connectivity index (χ4v) is 4.45. The van der Waals surface area contributed by atoms with Crippen molar-refractivity contribution in [1.29, 1.82) is 0 Å². The normalized spacial score (nSPS) is 14.7. The number of non-ortho nitro benzene ring substituents is 1. The fourth-order valence-electron chi connectivity index (χ4n) is 4.45. The van der Waals surface area contributed by atoms with E-state index in [0.717, 1.165) is 17.7 Å². The Morgan fingerprint density at radius 2 is 2.06 bits per heavy atom. The standard InChI is InChI=1S/C25H26N4O5/c1-6-28-20-8-7-16(9-19(20)15(2)13-25(28,3)4)14-26-27-24(30)22-11-17-10-18(29(31)32)12-21(33-5)23(17)34-22/h7-14H,6H2,1-5H3,(H,27,30)/b26-14-. The van der Waals surface area contributed by atoms with Gasteiger partial charge in [0.15, 0.2) is 17.1 Å². The molecule has 9 nitrogen and oxygen atoms in total. The van der Waals surface area contributed by atoms with Gasteiger partial charge in [-0.15, -0.1) is 0 Å². The molecule has 0 saturated heterocycles. The zero-order valence-corrected chi connectivity index (χ0v) is 19.7. The Balaban J connectivity index is 1.54. The summed E-state index contributed by atoms with van der Waals surface area (Å²) in [5, 5.41) is 15.6. The van der Waals surface area contributed by atoms with Crippen LogP contribution in [0.3, 0.4) is 0 Å². The number of hydrogen-bond acceptors (Lipinski definition) is 7. The molecular weight excluding hydrogens is 436 g/mol. The highest BCUT2D eigenvalue weighted by Crippen LogP contribution is 2.39. The van der Waals surface area contributed by atoms with E-state index in [1.807, 2.05) is 12.1 Å². The van der Waals surface area contributed by atoms with Crippen LogP contribution < -0.4 is 15.1 Å². The van der Waals surface area contributed by atoms with E-state index < -0.39 is 10.8 Å². The number of fused-ring (bicyclic) bond motifs is 2. The van der Waals surface area contributed by atoms with Crippen molar-refractivity contribution in [2.45, 2.75) is 33.2 Å². The number of nitrogens with zero attached hydrogens (tertiary/aromatic N) is 3. The molecule has 0 unspecified atom stereocenters. The van der Waals surface area contributed by atoms with Crippen LogP contribution in [0.2, 0.25) is 0 Å². The quantitative estimate of drug-likeness (QED) is 0.309. The molecule has 2 aromatic carbocycles. The number of amides is 1. The number of nitro benzene ring substituents is 1. The molecule has 176 valence electrons. The molecule has 34 heavy (non-hydrogen) atoms. The largest absolute Gasteiger partial charge is 0.493 e. The molecule has 3 aromatic rings. The number of carbonyl (C=O) groups is 1. The van der Waals surface area contributed by atoms with Gasteiger partial charge in [-0.05, 0) is 57.0 Å². The average molecular weight is 463 g/mol. The number of rotatable bonds is 6. The third-order valence-electron chi connectivity index (χ3n) is 5.92. The average Bonchev–Trinajstić information content (AvgIpc) is 3.23. The number of nitrogens with one attached hydrogen (secondary N) is 1. The van der Waals surface area contributed by atoms with Gasteiger partial charge in [0.2, 0.25) is 0 Å². The van der Waals surface area contributed by atoms with Crippen LogP contribution in [-0.2, 0) is 0 Å². The highest BCUT2D eigenvalue weighted by Gasteiger charge is 2.30. The zero-order chi connectivity index (χ0) is 24.6. The molecule has 0 bridgehead atoms. The highest BCUT2D eigenvalue weighted by molar-refractivity contribution is 5.98. The Labute approximate surface area is 196 Å². The molecule has 0 atom stereocenters. The summed E-state index contributed by atoms with van der Waals surface area (Å²) < 4.78 is 10.7. The molecule has 4 rings (SSSR count). The van der Waals surface area contributed by atoms with Crippen molar-refractivity contribution in [1.82, 2.24) is 5.43 Å². The second-order valence-electron chi connectivity index (χ2n) is 8.64. The van der Waals surface area contributed by atoms with Crippen molar-refractivity contribution in [2.24, 2.45) is 5.10 Å². The summed E-state index contributed by atoms with van der Waals surface area (Å²) in [6.07, 6.45) is 3.82. The molecule has 0 saturated carbocycles. The predicted octanol–water partition coefficient (Wildman–Crippen LogP) is 5.14. The van der Waals surface area contributed by atoms with Crippen molar-refractivity contribution in [2.75, 3.05) is 18.6 Å². The van der Waals surface area contributed by atoms with Crippen LogP contribution in [0, 0.1) is 10.1 Å². The van der Waals surface area contributed by atoms with E-state index in [9.17, 15) is 14.9 Å². The van der Waals surface area contributed by atoms with E-state index in [1.54, 1.807) is 6.21 Å². The SMILES string of the molecule is CCN1c2ccc(/C=N\NC(=O)c3cc4cc([N+](=O)[O-])cc(OC)c4o3)cc2C(C)=CC1(C)C. The number of anilines is 1. The van der Waals surface area contributed by atoms with Gasteiger partial charge in [0.05, 0.1) is 29.9 Å². The van der Waals surface area contributed by atoms with Crippen LogP contribution in [-0.4, -0.2) is 36.2 Å². The van der Waals surface area contributed by atoms with Crippen LogP contribution in [0.15, 0.2) is 52.0 Å². The maximum Gasteiger partial charge on any atom is 0.307 e. The van der Waals surface area contributed by atoms with Gasteiger partial charge >= 0.3 is 5.91 Å². The second-order valence-corrected chi connectivity index (χ2v) is 8.64. The number of carbonyl (C=O) groups excluding carboxylic acids is 1. The summed E-state index contributed by atoms with van der Waals surface area (Å²) in [7, 11) is 1.38. The molecule has 0 radical (unpaired) electrons. The molecule has 1 aliphatic rings. The van der Waals surface area contributed by atoms with Crippen LogP contribution in [0.4, 0.5) is 11.4 Å². The van der Waals surface area contributed by atoms with Crippen LogP contribution in [0.25, 0.3) is 16.5 Å². The number of hydrazone groups is 1. The summed E-state index contributed by atoms with van der Waals surface area (Å²) in [5.74, 6) is -0.436. The number of furan rings is 1. The zero-order valence-electron chi connectivity index (χ0n) is 19.7. The predicted molar refractivity (Wildman–Crippen MR) is 132 cm³/mol. The smallest absolute Gasteiger partial charge is 0.307 e. The van der Waals surface area contributed by atoms with Crippen molar-refractivity contribution >= 4 is 40.0 Å². The minimum atomic E-state index is -0.579. The monoisotopic (exact) mass is 462 g/mol. The summed E-state index contributed by atoms with van der Waals surface area (Å²) in [6.45, 7) is 9.51. The molecule has 0 fully saturated rings. The third-order valence-corrected chi connectivity index (χ3v) is 5.92. The van der Waals surface area contributed by atoms with Gasteiger partial charge in [0.25, 0.3) is 5.69 Å². The van der Waals surface area contributed by atoms with Gasteiger partial charge in [-0.25, -0.2) is 5.43 Å². The second kappa shape index (κ2) is 8.66. The molecule has 0 spiro atoms. The number of hydrogen-bond donors (Lipinski definition) is 1. The van der Waals surface area contributed by atoms with E-state index in [0.29, 0.717) is 5.39 Å². The Kier molecular flexibility index (Phi) is 5.87. The number of likely N-dealkylation sites (N-methyl/N-ethyl adjacent to an activating group) is 1. The van der Waals surface area contributed by atoms with Gasteiger partial charge in [0.1, 0.15) is 0 Å². The van der Waals surface area contributed by atoms with Crippen LogP contribution in [0.1, 0.15) is 49.4 Å². The van der Waals surface area contributed by atoms with E-state index in [-0.39, 0.29) is 28.3 Å². The first-order chi connectivity index (χ1) is 16.1. The lowest BCUT2D eigenvalue weighted by Gasteiger charge is -2.42. The van der Waals surface area contributed by atoms with Crippen molar-refractivity contribution in [3.05, 3.63) is 69.5 Å². The van der Waals surface area contributed by atoms with E-state index in [2.05, 4.69) is 55.3 Å². The van der Waals surface area contributed by atoms with Gasteiger partial charge in [0, 0.05) is 29.2 Å². The fraction of sp³-hybridized carbons (Fsp3) is 0.280. The maximum absolute atomic E-state index is 12.6. The first-order valence-corrected chi connectivity index (χ1v) is 10.9. The molecule has 1 N–H and O–H groups in total. The summed E-state index contributed by atoms with van der Waals surface area (Å²) in [5.41, 5.74) is 6.80. The highest BCUT2D eigenvalue weighted by atomic mass is 16.6. The molecular formula is C25H26N4O5. The van der Waals surface area contributed by atoms with Crippen molar-refractivity contribution in [3.8, 4) is 5.75 Å². The molecule has 0 aliphatic carbocycles. The van der Waals surface area contributed by atoms with Crippen molar-refractivity contribution in [3.63, 3.8) is 0 Å². The third kappa shape index (κ3) is 4.12. The Morgan fingerprint density at radius 1 is 1.29 bits per heavy atom. The number of nitro groups is 1. The van der Waals surface area contributed by atoms with Crippen LogP contribution in [0.5, 0.6) is 5.75 Å². The van der Waals surface area contributed by atoms with Gasteiger partial charge in [-0.2, -0.15) is 5.10 Å². The maximum atomic E-state index is 12.6. The summed E-state index contributed by atoms with van der Waals surface area (Å²) >= 11 is 0. The van der Waals surface area contributed by atoms with Crippen molar-refractivity contribution < 1.29 is 18.9 Å². The summed E-state index contributed by atoms with van der Waals surface area (Å²) in [4.78, 5) is 25.5. The van der Waals surface area contributed by atoms with E-state index in [4.69, 9.17) is 9.15 Å². The molecule has 2 heterocycles. The minimum absolute atomic E-state index is 0.0315. The first-order valence-electron chi connectivity index (χ1n) is 10.9. The Bertz CT molecular complexity index is 1350. The summed E-state index contributed by atoms with van der Waals surface area (Å²) in [6, 6.07) is 10.1. The number of ether oxygens (including phenoxy) is 1. The molecule has 9 heteroatoms. The first kappa shape index (κ1) is 23.0. The molecule has 1 aliphatic heterocycles. The van der Waals surface area contributed by atoms with Gasteiger partial charge < -0.3 is 14.1 Å². The Morgan fingerprint density at radius 3 is 2.74 bits per heavy atom. The van der Waals surface area contributed by atoms with Crippen LogP contribution >= 0.6 is 0 Å². The number of benzene rings is 2. The number of allylic oxidation sites excluding steroid dienone is 1. The number of methoxy groups -OCH3 is 1. The lowest BCUT2D eigenvalue weighted by atomic mass is 9.88. The lowest BCUT2D eigenvalue weighted by Crippen LogP contribution is -2.44.